The van der Waals surface area contributed by atoms with Crippen LogP contribution < -0.4 is 9.47 Å². The standard InChI is InChI=1S/C16H19NO3/c1-4-19-14-7-5-6-8-15(14)20-16-13(10-18)11(2)9-12(3)17-16/h5-9,18H,4,10H2,1-3H3. The zero-order chi connectivity index (χ0) is 14.5. The van der Waals surface area contributed by atoms with Crippen molar-refractivity contribution in [3.8, 4) is 17.4 Å². The van der Waals surface area contributed by atoms with Crippen molar-refractivity contribution in [1.29, 1.82) is 0 Å². The molecule has 0 amide bonds. The maximum atomic E-state index is 9.49. The van der Waals surface area contributed by atoms with E-state index >= 15 is 0 Å². The summed E-state index contributed by atoms with van der Waals surface area (Å²) in [6, 6.07) is 9.36. The van der Waals surface area contributed by atoms with E-state index in [1.54, 1.807) is 0 Å². The number of ether oxygens (including phenoxy) is 2. The summed E-state index contributed by atoms with van der Waals surface area (Å²) in [6.45, 7) is 6.21. The minimum Gasteiger partial charge on any atom is -0.490 e. The van der Waals surface area contributed by atoms with Crippen molar-refractivity contribution in [3.63, 3.8) is 0 Å². The number of benzene rings is 1. The Kier molecular flexibility index (Phi) is 4.58. The van der Waals surface area contributed by atoms with Gasteiger partial charge in [-0.2, -0.15) is 0 Å². The number of rotatable bonds is 5. The van der Waals surface area contributed by atoms with E-state index in [4.69, 9.17) is 9.47 Å². The van der Waals surface area contributed by atoms with Gasteiger partial charge in [-0.25, -0.2) is 4.98 Å². The number of hydrogen-bond acceptors (Lipinski definition) is 4. The Labute approximate surface area is 119 Å². The van der Waals surface area contributed by atoms with E-state index in [1.165, 1.54) is 0 Å². The van der Waals surface area contributed by atoms with Crippen molar-refractivity contribution in [2.45, 2.75) is 27.4 Å². The number of pyridine rings is 1. The molecule has 4 nitrogen and oxygen atoms in total. The number of aryl methyl sites for hydroxylation is 2. The van der Waals surface area contributed by atoms with Gasteiger partial charge in [0.25, 0.3) is 0 Å². The lowest BCUT2D eigenvalue weighted by atomic mass is 10.1. The summed E-state index contributed by atoms with van der Waals surface area (Å²) in [7, 11) is 0. The van der Waals surface area contributed by atoms with Crippen LogP contribution in [0.25, 0.3) is 0 Å². The van der Waals surface area contributed by atoms with Crippen LogP contribution in [0.5, 0.6) is 17.4 Å². The quantitative estimate of drug-likeness (QED) is 0.907. The normalized spacial score (nSPS) is 10.4. The molecule has 20 heavy (non-hydrogen) atoms. The number of nitrogens with zero attached hydrogens (tertiary/aromatic N) is 1. The van der Waals surface area contributed by atoms with Gasteiger partial charge in [0.05, 0.1) is 13.2 Å². The Morgan fingerprint density at radius 3 is 2.50 bits per heavy atom. The van der Waals surface area contributed by atoms with E-state index < -0.39 is 0 Å². The smallest absolute Gasteiger partial charge is 0.225 e. The van der Waals surface area contributed by atoms with E-state index in [9.17, 15) is 5.11 Å². The van der Waals surface area contributed by atoms with Crippen molar-refractivity contribution < 1.29 is 14.6 Å². The monoisotopic (exact) mass is 273 g/mol. The highest BCUT2D eigenvalue weighted by Gasteiger charge is 2.12. The Hall–Kier alpha value is -2.07. The average molecular weight is 273 g/mol. The lowest BCUT2D eigenvalue weighted by Gasteiger charge is -2.14. The van der Waals surface area contributed by atoms with Crippen molar-refractivity contribution in [1.82, 2.24) is 4.98 Å². The lowest BCUT2D eigenvalue weighted by Crippen LogP contribution is -2.01. The first-order valence-electron chi connectivity index (χ1n) is 6.63. The minimum absolute atomic E-state index is 0.106. The van der Waals surface area contributed by atoms with Gasteiger partial charge in [0, 0.05) is 11.3 Å². The molecule has 0 aliphatic heterocycles. The third-order valence-electron chi connectivity index (χ3n) is 2.95. The molecule has 4 heteroatoms. The van der Waals surface area contributed by atoms with E-state index in [0.717, 1.165) is 11.3 Å². The maximum absolute atomic E-state index is 9.49. The third kappa shape index (κ3) is 3.08. The predicted octanol–water partition coefficient (Wildman–Crippen LogP) is 3.38. The Bertz CT molecular complexity index is 596. The number of aliphatic hydroxyl groups is 1. The van der Waals surface area contributed by atoms with Gasteiger partial charge in [0.1, 0.15) is 0 Å². The van der Waals surface area contributed by atoms with Crippen LogP contribution >= 0.6 is 0 Å². The van der Waals surface area contributed by atoms with Crippen molar-refractivity contribution in [3.05, 3.63) is 47.2 Å². The minimum atomic E-state index is -0.106. The number of aromatic nitrogens is 1. The molecule has 1 aromatic carbocycles. The molecule has 0 aliphatic carbocycles. The first-order valence-corrected chi connectivity index (χ1v) is 6.63. The average Bonchev–Trinajstić information content (AvgIpc) is 2.41. The molecule has 0 fully saturated rings. The molecule has 2 aromatic rings. The fourth-order valence-electron chi connectivity index (χ4n) is 2.02. The summed E-state index contributed by atoms with van der Waals surface area (Å²) in [5.74, 6) is 1.69. The van der Waals surface area contributed by atoms with Gasteiger partial charge < -0.3 is 14.6 Å². The van der Waals surface area contributed by atoms with Crippen LogP contribution in [0.3, 0.4) is 0 Å². The summed E-state index contributed by atoms with van der Waals surface area (Å²) < 4.78 is 11.4. The second kappa shape index (κ2) is 6.39. The summed E-state index contributed by atoms with van der Waals surface area (Å²) >= 11 is 0. The molecule has 2 rings (SSSR count). The molecule has 0 spiro atoms. The molecule has 0 unspecified atom stereocenters. The molecule has 1 heterocycles. The van der Waals surface area contributed by atoms with Gasteiger partial charge in [-0.1, -0.05) is 12.1 Å². The summed E-state index contributed by atoms with van der Waals surface area (Å²) in [4.78, 5) is 4.36. The summed E-state index contributed by atoms with van der Waals surface area (Å²) in [5, 5.41) is 9.49. The van der Waals surface area contributed by atoms with Gasteiger partial charge >= 0.3 is 0 Å². The highest BCUT2D eigenvalue weighted by Crippen LogP contribution is 2.33. The Morgan fingerprint density at radius 2 is 1.85 bits per heavy atom. The maximum Gasteiger partial charge on any atom is 0.225 e. The van der Waals surface area contributed by atoms with Crippen LogP contribution in [0.2, 0.25) is 0 Å². The van der Waals surface area contributed by atoms with Gasteiger partial charge in [-0.15, -0.1) is 0 Å². The predicted molar refractivity (Wildman–Crippen MR) is 77.3 cm³/mol. The first-order chi connectivity index (χ1) is 9.65. The zero-order valence-corrected chi connectivity index (χ0v) is 12.0. The molecule has 0 saturated carbocycles. The molecule has 1 N–H and O–H groups in total. The summed E-state index contributed by atoms with van der Waals surface area (Å²) in [6.07, 6.45) is 0. The molecular weight excluding hydrogens is 254 g/mol. The highest BCUT2D eigenvalue weighted by atomic mass is 16.5. The molecule has 0 atom stereocenters. The van der Waals surface area contributed by atoms with E-state index in [0.29, 0.717) is 29.5 Å². The highest BCUT2D eigenvalue weighted by molar-refractivity contribution is 5.44. The number of aliphatic hydroxyl groups excluding tert-OH is 1. The van der Waals surface area contributed by atoms with E-state index in [2.05, 4.69) is 4.98 Å². The summed E-state index contributed by atoms with van der Waals surface area (Å²) in [5.41, 5.74) is 2.51. The molecule has 0 radical (unpaired) electrons. The van der Waals surface area contributed by atoms with Gasteiger partial charge in [0.15, 0.2) is 11.5 Å². The zero-order valence-electron chi connectivity index (χ0n) is 12.0. The van der Waals surface area contributed by atoms with Crippen LogP contribution in [0.4, 0.5) is 0 Å². The van der Waals surface area contributed by atoms with Crippen LogP contribution in [-0.4, -0.2) is 16.7 Å². The topological polar surface area (TPSA) is 51.6 Å². The fraction of sp³-hybridized carbons (Fsp3) is 0.312. The molecule has 0 saturated heterocycles. The Balaban J connectivity index is 2.39. The van der Waals surface area contributed by atoms with Crippen molar-refractivity contribution in [2.24, 2.45) is 0 Å². The van der Waals surface area contributed by atoms with Gasteiger partial charge in [-0.05, 0) is 44.5 Å². The largest absolute Gasteiger partial charge is 0.490 e. The van der Waals surface area contributed by atoms with E-state index in [1.807, 2.05) is 51.1 Å². The number of hydrogen-bond donors (Lipinski definition) is 1. The number of para-hydroxylation sites is 2. The lowest BCUT2D eigenvalue weighted by molar-refractivity contribution is 0.271. The third-order valence-corrected chi connectivity index (χ3v) is 2.95. The van der Waals surface area contributed by atoms with Crippen LogP contribution in [-0.2, 0) is 6.61 Å². The SMILES string of the molecule is CCOc1ccccc1Oc1nc(C)cc(C)c1CO. The first kappa shape index (κ1) is 14.3. The Morgan fingerprint density at radius 1 is 1.15 bits per heavy atom. The van der Waals surface area contributed by atoms with Crippen LogP contribution in [0, 0.1) is 13.8 Å². The second-order valence-corrected chi connectivity index (χ2v) is 4.50. The van der Waals surface area contributed by atoms with Gasteiger partial charge in [-0.3, -0.25) is 0 Å². The molecule has 0 bridgehead atoms. The van der Waals surface area contributed by atoms with Gasteiger partial charge in [0.2, 0.25) is 5.88 Å². The second-order valence-electron chi connectivity index (χ2n) is 4.50. The van der Waals surface area contributed by atoms with Crippen molar-refractivity contribution >= 4 is 0 Å². The van der Waals surface area contributed by atoms with Crippen molar-refractivity contribution in [2.75, 3.05) is 6.61 Å². The molecule has 1 aromatic heterocycles. The van der Waals surface area contributed by atoms with Crippen LogP contribution in [0.1, 0.15) is 23.7 Å². The molecule has 0 aliphatic rings. The molecular formula is C16H19NO3. The van der Waals surface area contributed by atoms with Crippen LogP contribution in [0.15, 0.2) is 30.3 Å². The molecule has 106 valence electrons. The fourth-order valence-corrected chi connectivity index (χ4v) is 2.02. The van der Waals surface area contributed by atoms with E-state index in [-0.39, 0.29) is 6.61 Å².